The lowest BCUT2D eigenvalue weighted by Gasteiger charge is -2.26. The average Bonchev–Trinajstić information content (AvgIpc) is 2.74. The van der Waals surface area contributed by atoms with Gasteiger partial charge in [-0.3, -0.25) is 9.59 Å². The van der Waals surface area contributed by atoms with Crippen LogP contribution in [-0.2, 0) is 21.2 Å². The summed E-state index contributed by atoms with van der Waals surface area (Å²) in [5, 5.41) is 2.81. The molecule has 0 aliphatic carbocycles. The Labute approximate surface area is 176 Å². The van der Waals surface area contributed by atoms with Crippen molar-refractivity contribution in [3.63, 3.8) is 0 Å². The fraction of sp³-hybridized carbons (Fsp3) is 0.333. The predicted molar refractivity (Wildman–Crippen MR) is 112 cm³/mol. The lowest BCUT2D eigenvalue weighted by Crippen LogP contribution is -2.40. The molecule has 0 aromatic heterocycles. The summed E-state index contributed by atoms with van der Waals surface area (Å²) in [4.78, 5) is 24.0. The van der Waals surface area contributed by atoms with Crippen molar-refractivity contribution in [1.82, 2.24) is 9.62 Å². The van der Waals surface area contributed by atoms with Gasteiger partial charge in [0.1, 0.15) is 0 Å². The van der Waals surface area contributed by atoms with Crippen molar-refractivity contribution in [2.24, 2.45) is 5.73 Å². The van der Waals surface area contributed by atoms with Crippen molar-refractivity contribution >= 4 is 21.8 Å². The van der Waals surface area contributed by atoms with Gasteiger partial charge in [-0.15, -0.1) is 0 Å². The van der Waals surface area contributed by atoms with Gasteiger partial charge in [-0.25, -0.2) is 8.42 Å². The van der Waals surface area contributed by atoms with Crippen LogP contribution in [0.15, 0.2) is 47.4 Å². The zero-order chi connectivity index (χ0) is 21.7. The zero-order valence-corrected chi connectivity index (χ0v) is 17.6. The van der Waals surface area contributed by atoms with E-state index < -0.39 is 15.9 Å². The standard InChI is InChI=1S/C21H25N3O5S/c1-15-5-6-18(30(27,28)24-9-11-29-12-10-24)14-19(15)21(26)23-8-7-16-3-2-4-17(13-16)20(22)25/h2-6,13-14H,7-12H2,1H3,(H2,22,25)(H,23,26). The summed E-state index contributed by atoms with van der Waals surface area (Å²) in [5.41, 5.74) is 7.57. The molecule has 0 spiro atoms. The van der Waals surface area contributed by atoms with Crippen molar-refractivity contribution in [3.8, 4) is 0 Å². The molecule has 2 amide bonds. The van der Waals surface area contributed by atoms with E-state index in [1.54, 1.807) is 31.2 Å². The molecule has 9 heteroatoms. The number of benzene rings is 2. The number of rotatable bonds is 7. The summed E-state index contributed by atoms with van der Waals surface area (Å²) in [5.74, 6) is -0.854. The fourth-order valence-electron chi connectivity index (χ4n) is 3.24. The minimum absolute atomic E-state index is 0.0920. The van der Waals surface area contributed by atoms with E-state index in [1.807, 2.05) is 6.07 Å². The summed E-state index contributed by atoms with van der Waals surface area (Å²) in [6.45, 7) is 3.40. The summed E-state index contributed by atoms with van der Waals surface area (Å²) in [7, 11) is -3.68. The summed E-state index contributed by atoms with van der Waals surface area (Å²) >= 11 is 0. The summed E-state index contributed by atoms with van der Waals surface area (Å²) in [6, 6.07) is 11.5. The van der Waals surface area contributed by atoms with Crippen LogP contribution < -0.4 is 11.1 Å². The molecule has 0 saturated carbocycles. The number of nitrogens with zero attached hydrogens (tertiary/aromatic N) is 1. The molecule has 1 aliphatic rings. The van der Waals surface area contributed by atoms with E-state index in [0.717, 1.165) is 5.56 Å². The van der Waals surface area contributed by atoms with Crippen LogP contribution in [0.2, 0.25) is 0 Å². The highest BCUT2D eigenvalue weighted by Gasteiger charge is 2.27. The van der Waals surface area contributed by atoms with E-state index in [4.69, 9.17) is 10.5 Å². The molecule has 1 heterocycles. The van der Waals surface area contributed by atoms with Gasteiger partial charge in [-0.05, 0) is 48.7 Å². The molecule has 8 nitrogen and oxygen atoms in total. The van der Waals surface area contributed by atoms with Crippen LogP contribution in [0.4, 0.5) is 0 Å². The number of nitrogens with one attached hydrogen (secondary N) is 1. The maximum absolute atomic E-state index is 12.9. The normalized spacial score (nSPS) is 15.0. The molecule has 30 heavy (non-hydrogen) atoms. The number of carbonyl (C=O) groups excluding carboxylic acids is 2. The Balaban J connectivity index is 1.69. The fourth-order valence-corrected chi connectivity index (χ4v) is 4.67. The Morgan fingerprint density at radius 1 is 1.13 bits per heavy atom. The molecule has 3 rings (SSSR count). The van der Waals surface area contributed by atoms with Crippen LogP contribution in [0.3, 0.4) is 0 Å². The maximum atomic E-state index is 12.9. The van der Waals surface area contributed by atoms with Crippen LogP contribution in [-0.4, -0.2) is 57.4 Å². The first-order chi connectivity index (χ1) is 14.3. The first-order valence-electron chi connectivity index (χ1n) is 9.64. The first kappa shape index (κ1) is 21.9. The number of ether oxygens (including phenoxy) is 1. The Morgan fingerprint density at radius 3 is 2.57 bits per heavy atom. The molecule has 160 valence electrons. The van der Waals surface area contributed by atoms with Gasteiger partial charge >= 0.3 is 0 Å². The van der Waals surface area contributed by atoms with Gasteiger partial charge in [0.05, 0.1) is 18.1 Å². The molecule has 1 fully saturated rings. The van der Waals surface area contributed by atoms with Crippen molar-refractivity contribution < 1.29 is 22.7 Å². The maximum Gasteiger partial charge on any atom is 0.251 e. The number of amides is 2. The van der Waals surface area contributed by atoms with Crippen LogP contribution in [0.25, 0.3) is 0 Å². The zero-order valence-electron chi connectivity index (χ0n) is 16.8. The molecule has 0 radical (unpaired) electrons. The molecule has 0 bridgehead atoms. The van der Waals surface area contributed by atoms with Crippen LogP contribution in [0.1, 0.15) is 31.8 Å². The van der Waals surface area contributed by atoms with Gasteiger partial charge in [-0.1, -0.05) is 18.2 Å². The largest absolute Gasteiger partial charge is 0.379 e. The van der Waals surface area contributed by atoms with E-state index in [0.29, 0.717) is 56.0 Å². The highest BCUT2D eigenvalue weighted by Crippen LogP contribution is 2.20. The molecule has 1 saturated heterocycles. The molecule has 2 aromatic rings. The van der Waals surface area contributed by atoms with Gasteiger partial charge in [0.2, 0.25) is 15.9 Å². The first-order valence-corrected chi connectivity index (χ1v) is 11.1. The van der Waals surface area contributed by atoms with Crippen LogP contribution in [0.5, 0.6) is 0 Å². The van der Waals surface area contributed by atoms with E-state index in [9.17, 15) is 18.0 Å². The third kappa shape index (κ3) is 5.05. The molecule has 3 N–H and O–H groups in total. The topological polar surface area (TPSA) is 119 Å². The smallest absolute Gasteiger partial charge is 0.251 e. The van der Waals surface area contributed by atoms with Crippen molar-refractivity contribution in [2.45, 2.75) is 18.2 Å². The third-order valence-electron chi connectivity index (χ3n) is 4.97. The second-order valence-electron chi connectivity index (χ2n) is 7.06. The Morgan fingerprint density at radius 2 is 1.87 bits per heavy atom. The Hall–Kier alpha value is -2.75. The van der Waals surface area contributed by atoms with E-state index in [2.05, 4.69) is 5.32 Å². The van der Waals surface area contributed by atoms with Crippen molar-refractivity contribution in [2.75, 3.05) is 32.8 Å². The number of aryl methyl sites for hydroxylation is 1. The monoisotopic (exact) mass is 431 g/mol. The van der Waals surface area contributed by atoms with E-state index in [-0.39, 0.29) is 10.8 Å². The van der Waals surface area contributed by atoms with Crippen LogP contribution >= 0.6 is 0 Å². The second kappa shape index (κ2) is 9.38. The van der Waals surface area contributed by atoms with Gasteiger partial charge in [-0.2, -0.15) is 4.31 Å². The second-order valence-corrected chi connectivity index (χ2v) is 9.00. The van der Waals surface area contributed by atoms with Gasteiger partial charge in [0, 0.05) is 30.8 Å². The predicted octanol–water partition coefficient (Wildman–Crippen LogP) is 1.09. The number of nitrogens with two attached hydrogens (primary N) is 1. The van der Waals surface area contributed by atoms with E-state index in [1.165, 1.54) is 16.4 Å². The van der Waals surface area contributed by atoms with Gasteiger partial charge in [0.15, 0.2) is 0 Å². The highest BCUT2D eigenvalue weighted by molar-refractivity contribution is 7.89. The minimum Gasteiger partial charge on any atom is -0.379 e. The quantitative estimate of drug-likeness (QED) is 0.680. The number of morpholine rings is 1. The third-order valence-corrected chi connectivity index (χ3v) is 6.87. The lowest BCUT2D eigenvalue weighted by molar-refractivity contribution is 0.0730. The number of primary amides is 1. The lowest BCUT2D eigenvalue weighted by atomic mass is 10.1. The van der Waals surface area contributed by atoms with E-state index >= 15 is 0 Å². The van der Waals surface area contributed by atoms with Crippen LogP contribution in [0, 0.1) is 6.92 Å². The molecular weight excluding hydrogens is 406 g/mol. The molecule has 1 aliphatic heterocycles. The molecule has 2 aromatic carbocycles. The van der Waals surface area contributed by atoms with Crippen molar-refractivity contribution in [1.29, 1.82) is 0 Å². The number of hydrogen-bond acceptors (Lipinski definition) is 5. The number of sulfonamides is 1. The van der Waals surface area contributed by atoms with Gasteiger partial charge < -0.3 is 15.8 Å². The summed E-state index contributed by atoms with van der Waals surface area (Å²) < 4.78 is 32.3. The number of carbonyl (C=O) groups is 2. The SMILES string of the molecule is Cc1ccc(S(=O)(=O)N2CCOCC2)cc1C(=O)NCCc1cccc(C(N)=O)c1. The molecule has 0 atom stereocenters. The molecule has 0 unspecified atom stereocenters. The average molecular weight is 432 g/mol. The molecular formula is C21H25N3O5S. The minimum atomic E-state index is -3.68. The summed E-state index contributed by atoms with van der Waals surface area (Å²) in [6.07, 6.45) is 0.512. The number of hydrogen-bond donors (Lipinski definition) is 2. The highest BCUT2D eigenvalue weighted by atomic mass is 32.2. The Kier molecular flexibility index (Phi) is 6.86. The van der Waals surface area contributed by atoms with Gasteiger partial charge in [0.25, 0.3) is 5.91 Å². The Bertz CT molecular complexity index is 1050. The van der Waals surface area contributed by atoms with Crippen molar-refractivity contribution in [3.05, 3.63) is 64.7 Å².